The van der Waals surface area contributed by atoms with Gasteiger partial charge in [-0.25, -0.2) is 9.59 Å². The standard InChI is InChI=1S/C20H26O6/c1-6-10(2)18(22)25-15-9-20(5)16(26-20)8-13(21)11(3)7-14-17(15)12(4)19(23)24-14/h6-7,13-17,21H,4,8-9H2,1-3,5H3/b10-6+,11-7?/t13-,14+,15+,16+,17-,20+/m0/s1. The largest absolute Gasteiger partial charge is 0.458 e. The van der Waals surface area contributed by atoms with E-state index in [-0.39, 0.29) is 11.7 Å². The first kappa shape index (κ1) is 18.9. The highest BCUT2D eigenvalue weighted by atomic mass is 16.6. The van der Waals surface area contributed by atoms with Gasteiger partial charge in [0.25, 0.3) is 0 Å². The van der Waals surface area contributed by atoms with Crippen LogP contribution in [-0.4, -0.2) is 47.1 Å². The molecule has 142 valence electrons. The number of carbonyl (C=O) groups excluding carboxylic acids is 2. The third kappa shape index (κ3) is 3.35. The zero-order valence-corrected chi connectivity index (χ0v) is 15.7. The highest BCUT2D eigenvalue weighted by molar-refractivity contribution is 5.92. The number of hydrogen-bond donors (Lipinski definition) is 1. The number of rotatable bonds is 2. The van der Waals surface area contributed by atoms with E-state index in [1.54, 1.807) is 32.9 Å². The van der Waals surface area contributed by atoms with Gasteiger partial charge in [0.1, 0.15) is 12.2 Å². The van der Waals surface area contributed by atoms with Gasteiger partial charge in [0.05, 0.1) is 23.7 Å². The van der Waals surface area contributed by atoms with Crippen molar-refractivity contribution in [1.29, 1.82) is 0 Å². The van der Waals surface area contributed by atoms with Crippen molar-refractivity contribution in [3.63, 3.8) is 0 Å². The number of fused-ring (bicyclic) bond motifs is 2. The van der Waals surface area contributed by atoms with Gasteiger partial charge in [-0.05, 0) is 39.3 Å². The number of aliphatic hydroxyl groups excluding tert-OH is 1. The van der Waals surface area contributed by atoms with Crippen LogP contribution in [0, 0.1) is 5.92 Å². The van der Waals surface area contributed by atoms with E-state index in [0.717, 1.165) is 0 Å². The van der Waals surface area contributed by atoms with Gasteiger partial charge in [-0.2, -0.15) is 0 Å². The third-order valence-corrected chi connectivity index (χ3v) is 5.71. The topological polar surface area (TPSA) is 85.4 Å². The first-order valence-corrected chi connectivity index (χ1v) is 8.94. The molecule has 0 amide bonds. The molecule has 0 aromatic carbocycles. The molecule has 0 aromatic heterocycles. The molecule has 0 aromatic rings. The average molecular weight is 362 g/mol. The van der Waals surface area contributed by atoms with Gasteiger partial charge in [-0.15, -0.1) is 0 Å². The second-order valence-corrected chi connectivity index (χ2v) is 7.62. The molecular formula is C20H26O6. The van der Waals surface area contributed by atoms with E-state index >= 15 is 0 Å². The minimum absolute atomic E-state index is 0.118. The molecule has 0 radical (unpaired) electrons. The summed E-state index contributed by atoms with van der Waals surface area (Å²) in [4.78, 5) is 24.5. The number of hydrogen-bond acceptors (Lipinski definition) is 6. The van der Waals surface area contributed by atoms with Crippen molar-refractivity contribution in [1.82, 2.24) is 0 Å². The minimum Gasteiger partial charge on any atom is -0.458 e. The molecule has 2 heterocycles. The number of carbonyl (C=O) groups is 2. The van der Waals surface area contributed by atoms with Gasteiger partial charge >= 0.3 is 11.9 Å². The lowest BCUT2D eigenvalue weighted by Crippen LogP contribution is -2.37. The number of ether oxygens (including phenoxy) is 3. The van der Waals surface area contributed by atoms with Crippen LogP contribution in [0.4, 0.5) is 0 Å². The van der Waals surface area contributed by atoms with Gasteiger partial charge < -0.3 is 19.3 Å². The molecule has 1 N–H and O–H groups in total. The second kappa shape index (κ2) is 6.67. The summed E-state index contributed by atoms with van der Waals surface area (Å²) in [5.74, 6) is -1.43. The predicted molar refractivity (Wildman–Crippen MR) is 94.1 cm³/mol. The van der Waals surface area contributed by atoms with E-state index in [1.807, 2.05) is 6.92 Å². The summed E-state index contributed by atoms with van der Waals surface area (Å²) in [6.07, 6.45) is 2.29. The maximum Gasteiger partial charge on any atom is 0.334 e. The van der Waals surface area contributed by atoms with Crippen LogP contribution < -0.4 is 0 Å². The van der Waals surface area contributed by atoms with Crippen LogP contribution in [0.3, 0.4) is 0 Å². The highest BCUT2D eigenvalue weighted by Gasteiger charge is 2.57. The van der Waals surface area contributed by atoms with Crippen molar-refractivity contribution in [2.45, 2.75) is 70.6 Å². The molecule has 1 aliphatic carbocycles. The minimum atomic E-state index is -0.667. The zero-order chi connectivity index (χ0) is 19.2. The molecule has 0 saturated carbocycles. The van der Waals surface area contributed by atoms with E-state index < -0.39 is 41.8 Å². The SMILES string of the molecule is C=C1C(=O)O[C@@H]2C=C(C)[C@@H](O)C[C@H]3O[C@]3(C)C[C@@H](OC(=O)/C(C)=C/C)[C@@H]12. The summed E-state index contributed by atoms with van der Waals surface area (Å²) in [5.41, 5.74) is 0.974. The van der Waals surface area contributed by atoms with Crippen molar-refractivity contribution >= 4 is 11.9 Å². The fourth-order valence-corrected chi connectivity index (χ4v) is 3.70. The summed E-state index contributed by atoms with van der Waals surface area (Å²) in [6.45, 7) is 11.0. The monoisotopic (exact) mass is 362 g/mol. The lowest BCUT2D eigenvalue weighted by atomic mass is 9.82. The van der Waals surface area contributed by atoms with Crippen LogP contribution in [0.2, 0.25) is 0 Å². The van der Waals surface area contributed by atoms with E-state index in [0.29, 0.717) is 24.0 Å². The van der Waals surface area contributed by atoms with Gasteiger partial charge in [-0.1, -0.05) is 12.7 Å². The van der Waals surface area contributed by atoms with E-state index in [4.69, 9.17) is 14.2 Å². The highest BCUT2D eigenvalue weighted by Crippen LogP contribution is 2.47. The summed E-state index contributed by atoms with van der Waals surface area (Å²) < 4.78 is 17.0. The first-order chi connectivity index (χ1) is 12.2. The summed E-state index contributed by atoms with van der Waals surface area (Å²) in [7, 11) is 0. The molecule has 3 rings (SSSR count). The molecule has 0 bridgehead atoms. The van der Waals surface area contributed by atoms with Crippen molar-refractivity contribution in [2.75, 3.05) is 0 Å². The van der Waals surface area contributed by atoms with Gasteiger partial charge in [0.15, 0.2) is 0 Å². The number of aliphatic hydroxyl groups is 1. The predicted octanol–water partition coefficient (Wildman–Crippen LogP) is 2.22. The summed E-state index contributed by atoms with van der Waals surface area (Å²) in [6, 6.07) is 0. The number of esters is 2. The second-order valence-electron chi connectivity index (χ2n) is 7.62. The molecule has 3 aliphatic rings. The Hall–Kier alpha value is -1.92. The smallest absolute Gasteiger partial charge is 0.334 e. The molecule has 2 saturated heterocycles. The normalized spacial score (nSPS) is 40.1. The lowest BCUT2D eigenvalue weighted by molar-refractivity contribution is -0.148. The molecule has 0 unspecified atom stereocenters. The molecule has 6 heteroatoms. The maximum atomic E-state index is 12.4. The molecule has 6 nitrogen and oxygen atoms in total. The fraction of sp³-hybridized carbons (Fsp3) is 0.600. The van der Waals surface area contributed by atoms with Gasteiger partial charge in [0, 0.05) is 24.0 Å². The van der Waals surface area contributed by atoms with E-state index in [2.05, 4.69) is 6.58 Å². The summed E-state index contributed by atoms with van der Waals surface area (Å²) >= 11 is 0. The Labute approximate surface area is 153 Å². The zero-order valence-electron chi connectivity index (χ0n) is 15.7. The van der Waals surface area contributed by atoms with E-state index in [1.165, 1.54) is 0 Å². The van der Waals surface area contributed by atoms with Crippen LogP contribution in [0.5, 0.6) is 0 Å². The van der Waals surface area contributed by atoms with Crippen LogP contribution in [0.25, 0.3) is 0 Å². The first-order valence-electron chi connectivity index (χ1n) is 8.94. The summed E-state index contributed by atoms with van der Waals surface area (Å²) in [5, 5.41) is 10.4. The van der Waals surface area contributed by atoms with Crippen molar-refractivity contribution in [3.8, 4) is 0 Å². The van der Waals surface area contributed by atoms with Gasteiger partial charge in [-0.3, -0.25) is 0 Å². The molecule has 0 spiro atoms. The van der Waals surface area contributed by atoms with Crippen molar-refractivity contribution < 1.29 is 28.9 Å². The Kier molecular flexibility index (Phi) is 4.84. The fourth-order valence-electron chi connectivity index (χ4n) is 3.70. The third-order valence-electron chi connectivity index (χ3n) is 5.71. The Balaban J connectivity index is 1.98. The quantitative estimate of drug-likeness (QED) is 0.351. The van der Waals surface area contributed by atoms with Crippen molar-refractivity contribution in [2.24, 2.45) is 5.92 Å². The Morgan fingerprint density at radius 3 is 2.85 bits per heavy atom. The van der Waals surface area contributed by atoms with Crippen LogP contribution >= 0.6 is 0 Å². The van der Waals surface area contributed by atoms with Crippen LogP contribution in [-0.2, 0) is 23.8 Å². The maximum absolute atomic E-state index is 12.4. The molecule has 2 fully saturated rings. The van der Waals surface area contributed by atoms with Crippen molar-refractivity contribution in [3.05, 3.63) is 35.5 Å². The van der Waals surface area contributed by atoms with Crippen LogP contribution in [0.15, 0.2) is 35.5 Å². The Morgan fingerprint density at radius 1 is 1.50 bits per heavy atom. The van der Waals surface area contributed by atoms with Gasteiger partial charge in [0.2, 0.25) is 0 Å². The Bertz CT molecular complexity index is 705. The average Bonchev–Trinajstić information content (AvgIpc) is 3.11. The van der Waals surface area contributed by atoms with E-state index in [9.17, 15) is 14.7 Å². The molecule has 2 aliphatic heterocycles. The Morgan fingerprint density at radius 2 is 2.19 bits per heavy atom. The number of allylic oxidation sites excluding steroid dienone is 1. The number of epoxide rings is 1. The molecular weight excluding hydrogens is 336 g/mol. The molecule has 26 heavy (non-hydrogen) atoms. The van der Waals surface area contributed by atoms with Crippen LogP contribution in [0.1, 0.15) is 40.5 Å². The lowest BCUT2D eigenvalue weighted by Gasteiger charge is -2.29. The molecule has 6 atom stereocenters.